The lowest BCUT2D eigenvalue weighted by atomic mass is 9.90. The maximum absolute atomic E-state index is 12.9. The Bertz CT molecular complexity index is 1040. The Balaban J connectivity index is 1.30. The number of nitro groups is 1. The standard InChI is InChI=1S/C24H24N2O4S/c27-24(25-12-10-19(11-13-25)14-18-6-2-1-3-7-18)23-15-20(17-31-23)16-30-22-9-5-4-8-21(22)26(28)29/h1-9,15,17,19H,10-14,16H2. The predicted molar refractivity (Wildman–Crippen MR) is 121 cm³/mol. The molecule has 1 aliphatic heterocycles. The molecule has 1 saturated heterocycles. The van der Waals surface area contributed by atoms with Crippen molar-refractivity contribution in [2.75, 3.05) is 13.1 Å². The Hall–Kier alpha value is -3.19. The minimum absolute atomic E-state index is 0.0557. The molecule has 1 fully saturated rings. The molecule has 0 spiro atoms. The van der Waals surface area contributed by atoms with Crippen LogP contribution in [-0.4, -0.2) is 28.8 Å². The summed E-state index contributed by atoms with van der Waals surface area (Å²) < 4.78 is 5.63. The van der Waals surface area contributed by atoms with Crippen molar-refractivity contribution in [2.24, 2.45) is 5.92 Å². The monoisotopic (exact) mass is 436 g/mol. The lowest BCUT2D eigenvalue weighted by molar-refractivity contribution is -0.385. The number of likely N-dealkylation sites (tertiary alicyclic amines) is 1. The average Bonchev–Trinajstić information content (AvgIpc) is 3.28. The average molecular weight is 437 g/mol. The third-order valence-corrected chi connectivity index (χ3v) is 6.56. The van der Waals surface area contributed by atoms with Gasteiger partial charge in [0.1, 0.15) is 6.61 Å². The summed E-state index contributed by atoms with van der Waals surface area (Å²) in [5.74, 6) is 0.896. The highest BCUT2D eigenvalue weighted by Gasteiger charge is 2.25. The third kappa shape index (κ3) is 5.30. The van der Waals surface area contributed by atoms with Crippen LogP contribution in [-0.2, 0) is 13.0 Å². The van der Waals surface area contributed by atoms with E-state index in [0.29, 0.717) is 10.8 Å². The zero-order chi connectivity index (χ0) is 21.6. The van der Waals surface area contributed by atoms with Crippen molar-refractivity contribution >= 4 is 22.9 Å². The number of hydrogen-bond acceptors (Lipinski definition) is 5. The van der Waals surface area contributed by atoms with Crippen molar-refractivity contribution in [1.82, 2.24) is 4.90 Å². The first-order valence-corrected chi connectivity index (χ1v) is 11.2. The number of nitro benzene ring substituents is 1. The minimum Gasteiger partial charge on any atom is -0.482 e. The SMILES string of the molecule is O=C(c1cc(COc2ccccc2[N+](=O)[O-])cs1)N1CCC(Cc2ccccc2)CC1. The minimum atomic E-state index is -0.459. The number of thiophene rings is 1. The number of carbonyl (C=O) groups excluding carboxylic acids is 1. The third-order valence-electron chi connectivity index (χ3n) is 5.59. The van der Waals surface area contributed by atoms with Gasteiger partial charge in [0.15, 0.2) is 5.75 Å². The van der Waals surface area contributed by atoms with Crippen LogP contribution in [0.4, 0.5) is 5.69 Å². The van der Waals surface area contributed by atoms with Gasteiger partial charge in [0.2, 0.25) is 0 Å². The molecule has 0 aliphatic carbocycles. The van der Waals surface area contributed by atoms with E-state index in [1.54, 1.807) is 18.2 Å². The smallest absolute Gasteiger partial charge is 0.310 e. The van der Waals surface area contributed by atoms with E-state index in [1.807, 2.05) is 22.4 Å². The Labute approximate surface area is 185 Å². The maximum Gasteiger partial charge on any atom is 0.310 e. The molecular formula is C24H24N2O4S. The lowest BCUT2D eigenvalue weighted by Crippen LogP contribution is -2.38. The van der Waals surface area contributed by atoms with Crippen molar-refractivity contribution in [3.05, 3.63) is 92.2 Å². The normalized spacial score (nSPS) is 14.4. The molecule has 1 aliphatic rings. The molecule has 0 unspecified atom stereocenters. The van der Waals surface area contributed by atoms with Crippen LogP contribution >= 0.6 is 11.3 Å². The van der Waals surface area contributed by atoms with Crippen LogP contribution in [0.1, 0.15) is 33.6 Å². The molecule has 0 bridgehead atoms. The fraction of sp³-hybridized carbons (Fsp3) is 0.292. The van der Waals surface area contributed by atoms with Crippen LogP contribution in [0.2, 0.25) is 0 Å². The van der Waals surface area contributed by atoms with E-state index in [9.17, 15) is 14.9 Å². The van der Waals surface area contributed by atoms with Crippen LogP contribution in [0.5, 0.6) is 5.75 Å². The molecule has 31 heavy (non-hydrogen) atoms. The van der Waals surface area contributed by atoms with Gasteiger partial charge in [-0.25, -0.2) is 0 Å². The van der Waals surface area contributed by atoms with E-state index >= 15 is 0 Å². The van der Waals surface area contributed by atoms with Gasteiger partial charge in [0.05, 0.1) is 9.80 Å². The summed E-state index contributed by atoms with van der Waals surface area (Å²) in [6.07, 6.45) is 3.09. The van der Waals surface area contributed by atoms with Crippen molar-refractivity contribution in [2.45, 2.75) is 25.9 Å². The molecular weight excluding hydrogens is 412 g/mol. The molecule has 3 aromatic rings. The quantitative estimate of drug-likeness (QED) is 0.371. The summed E-state index contributed by atoms with van der Waals surface area (Å²) in [4.78, 5) is 26.2. The molecule has 0 atom stereocenters. The summed E-state index contributed by atoms with van der Waals surface area (Å²) >= 11 is 1.40. The summed E-state index contributed by atoms with van der Waals surface area (Å²) in [5, 5.41) is 13.0. The van der Waals surface area contributed by atoms with E-state index in [1.165, 1.54) is 23.0 Å². The molecule has 7 heteroatoms. The predicted octanol–water partition coefficient (Wildman–Crippen LogP) is 5.33. The first-order valence-electron chi connectivity index (χ1n) is 10.4. The van der Waals surface area contributed by atoms with Crippen molar-refractivity contribution in [3.8, 4) is 5.75 Å². The fourth-order valence-electron chi connectivity index (χ4n) is 3.90. The fourth-order valence-corrected chi connectivity index (χ4v) is 4.76. The Morgan fingerprint density at radius 3 is 2.52 bits per heavy atom. The van der Waals surface area contributed by atoms with E-state index in [-0.39, 0.29) is 24.0 Å². The zero-order valence-electron chi connectivity index (χ0n) is 17.1. The van der Waals surface area contributed by atoms with Gasteiger partial charge in [-0.3, -0.25) is 14.9 Å². The molecule has 2 heterocycles. The molecule has 2 aromatic carbocycles. The van der Waals surface area contributed by atoms with Gasteiger partial charge < -0.3 is 9.64 Å². The van der Waals surface area contributed by atoms with E-state index in [0.717, 1.165) is 37.9 Å². The molecule has 1 amide bonds. The first-order chi connectivity index (χ1) is 15.1. The Kier molecular flexibility index (Phi) is 6.62. The number of carbonyl (C=O) groups is 1. The molecule has 0 radical (unpaired) electrons. The van der Waals surface area contributed by atoms with Crippen LogP contribution in [0.3, 0.4) is 0 Å². The summed E-state index contributed by atoms with van der Waals surface area (Å²) in [7, 11) is 0. The number of hydrogen-bond donors (Lipinski definition) is 0. The molecule has 4 rings (SSSR count). The molecule has 1 aromatic heterocycles. The maximum atomic E-state index is 12.9. The van der Waals surface area contributed by atoms with Crippen LogP contribution in [0.15, 0.2) is 66.0 Å². The van der Waals surface area contributed by atoms with Gasteiger partial charge in [0.25, 0.3) is 5.91 Å². The number of rotatable bonds is 7. The zero-order valence-corrected chi connectivity index (χ0v) is 17.9. The van der Waals surface area contributed by atoms with Gasteiger partial charge in [-0.1, -0.05) is 42.5 Å². The summed E-state index contributed by atoms with van der Waals surface area (Å²) in [6.45, 7) is 1.74. The van der Waals surface area contributed by atoms with Crippen LogP contribution in [0, 0.1) is 16.0 Å². The summed E-state index contributed by atoms with van der Waals surface area (Å²) in [6, 6.07) is 18.6. The number of piperidine rings is 1. The lowest BCUT2D eigenvalue weighted by Gasteiger charge is -2.31. The van der Waals surface area contributed by atoms with E-state index < -0.39 is 4.92 Å². The molecule has 6 nitrogen and oxygen atoms in total. The van der Waals surface area contributed by atoms with Gasteiger partial charge in [0, 0.05) is 24.7 Å². The van der Waals surface area contributed by atoms with Gasteiger partial charge in [-0.2, -0.15) is 0 Å². The van der Waals surface area contributed by atoms with Crippen LogP contribution in [0.25, 0.3) is 0 Å². The van der Waals surface area contributed by atoms with Gasteiger partial charge >= 0.3 is 5.69 Å². The molecule has 0 N–H and O–H groups in total. The number of benzene rings is 2. The second-order valence-electron chi connectivity index (χ2n) is 7.76. The van der Waals surface area contributed by atoms with Crippen molar-refractivity contribution < 1.29 is 14.5 Å². The first kappa shape index (κ1) is 21.1. The van der Waals surface area contributed by atoms with Crippen molar-refractivity contribution in [1.29, 1.82) is 0 Å². The largest absolute Gasteiger partial charge is 0.482 e. The number of ether oxygens (including phenoxy) is 1. The number of para-hydroxylation sites is 2. The second kappa shape index (κ2) is 9.75. The van der Waals surface area contributed by atoms with Crippen LogP contribution < -0.4 is 4.74 Å². The Morgan fingerprint density at radius 2 is 1.77 bits per heavy atom. The topological polar surface area (TPSA) is 72.7 Å². The highest BCUT2D eigenvalue weighted by Crippen LogP contribution is 2.28. The van der Waals surface area contributed by atoms with E-state index in [4.69, 9.17) is 4.74 Å². The highest BCUT2D eigenvalue weighted by molar-refractivity contribution is 7.12. The summed E-state index contributed by atoms with van der Waals surface area (Å²) in [5.41, 5.74) is 2.13. The van der Waals surface area contributed by atoms with E-state index in [2.05, 4.69) is 24.3 Å². The number of nitrogens with zero attached hydrogens (tertiary/aromatic N) is 2. The second-order valence-corrected chi connectivity index (χ2v) is 8.67. The Morgan fingerprint density at radius 1 is 1.06 bits per heavy atom. The van der Waals surface area contributed by atoms with Gasteiger partial charge in [-0.15, -0.1) is 11.3 Å². The number of amides is 1. The highest BCUT2D eigenvalue weighted by atomic mass is 32.1. The van der Waals surface area contributed by atoms with Gasteiger partial charge in [-0.05, 0) is 48.3 Å². The van der Waals surface area contributed by atoms with Crippen molar-refractivity contribution in [3.63, 3.8) is 0 Å². The molecule has 160 valence electrons. The molecule has 0 saturated carbocycles.